The van der Waals surface area contributed by atoms with Gasteiger partial charge < -0.3 is 10.5 Å². The Morgan fingerprint density at radius 2 is 2.22 bits per heavy atom. The third-order valence-electron chi connectivity index (χ3n) is 2.42. The molecule has 0 saturated carbocycles. The van der Waals surface area contributed by atoms with Gasteiger partial charge in [-0.2, -0.15) is 5.10 Å². The number of rotatable bonds is 3. The molecule has 0 aliphatic heterocycles. The van der Waals surface area contributed by atoms with Crippen LogP contribution in [0.4, 0.5) is 0 Å². The van der Waals surface area contributed by atoms with Crippen molar-refractivity contribution >= 4 is 17.5 Å². The molecule has 2 aromatic rings. The van der Waals surface area contributed by atoms with Crippen LogP contribution in [0.5, 0.6) is 0 Å². The summed E-state index contributed by atoms with van der Waals surface area (Å²) in [5.74, 6) is -1.15. The first-order valence-electron chi connectivity index (χ1n) is 5.37. The number of ether oxygens (including phenoxy) is 1. The van der Waals surface area contributed by atoms with Crippen LogP contribution in [0.15, 0.2) is 12.3 Å². The highest BCUT2D eigenvalue weighted by Gasteiger charge is 2.20. The van der Waals surface area contributed by atoms with Crippen molar-refractivity contribution in [3.05, 3.63) is 29.2 Å². The number of primary amides is 1. The summed E-state index contributed by atoms with van der Waals surface area (Å²) in [6, 6.07) is 1.47. The Kier molecular flexibility index (Phi) is 2.97. The van der Waals surface area contributed by atoms with Crippen LogP contribution in [0.1, 0.15) is 33.5 Å². The van der Waals surface area contributed by atoms with E-state index in [1.165, 1.54) is 16.8 Å². The molecule has 0 radical (unpaired) electrons. The van der Waals surface area contributed by atoms with Crippen molar-refractivity contribution in [2.24, 2.45) is 5.73 Å². The maximum Gasteiger partial charge on any atom is 0.357 e. The first kappa shape index (κ1) is 12.0. The van der Waals surface area contributed by atoms with Crippen molar-refractivity contribution in [1.29, 1.82) is 0 Å². The van der Waals surface area contributed by atoms with Crippen LogP contribution in [0, 0.1) is 6.92 Å². The Hall–Kier alpha value is -2.44. The van der Waals surface area contributed by atoms with Crippen molar-refractivity contribution < 1.29 is 14.3 Å². The van der Waals surface area contributed by atoms with Gasteiger partial charge in [-0.25, -0.2) is 14.3 Å². The molecule has 7 heteroatoms. The predicted octanol–water partition coefficient (Wildman–Crippen LogP) is 0.313. The second kappa shape index (κ2) is 4.44. The zero-order chi connectivity index (χ0) is 13.3. The summed E-state index contributed by atoms with van der Waals surface area (Å²) in [4.78, 5) is 27.1. The molecule has 0 saturated heterocycles. The minimum Gasteiger partial charge on any atom is -0.461 e. The molecule has 0 unspecified atom stereocenters. The molecular formula is C11H12N4O3. The van der Waals surface area contributed by atoms with Crippen LogP contribution in [-0.4, -0.2) is 33.1 Å². The third-order valence-corrected chi connectivity index (χ3v) is 2.42. The minimum atomic E-state index is -0.629. The van der Waals surface area contributed by atoms with Crippen LogP contribution in [0.2, 0.25) is 0 Å². The maximum absolute atomic E-state index is 11.7. The molecule has 18 heavy (non-hydrogen) atoms. The number of hydrogen-bond donors (Lipinski definition) is 1. The Morgan fingerprint density at radius 3 is 2.83 bits per heavy atom. The lowest BCUT2D eigenvalue weighted by Gasteiger charge is -2.03. The van der Waals surface area contributed by atoms with Gasteiger partial charge in [-0.15, -0.1) is 0 Å². The van der Waals surface area contributed by atoms with Gasteiger partial charge in [0.05, 0.1) is 12.3 Å². The van der Waals surface area contributed by atoms with E-state index in [0.29, 0.717) is 5.69 Å². The van der Waals surface area contributed by atoms with Gasteiger partial charge in [0.2, 0.25) is 0 Å². The summed E-state index contributed by atoms with van der Waals surface area (Å²) in [5.41, 5.74) is 6.35. The van der Waals surface area contributed by atoms with Gasteiger partial charge in [-0.1, -0.05) is 0 Å². The average molecular weight is 248 g/mol. The second-order valence-corrected chi connectivity index (χ2v) is 3.61. The standard InChI is InChI=1S/C11H12N4O3/c1-3-18-11(17)7-4-5-13-10-8(9(12)16)6(2)14-15(7)10/h4-5H,3H2,1-2H3,(H2,12,16). The molecule has 2 heterocycles. The van der Waals surface area contributed by atoms with Crippen LogP contribution < -0.4 is 5.73 Å². The Bertz CT molecular complexity index is 632. The Balaban J connectivity index is 2.68. The first-order valence-corrected chi connectivity index (χ1v) is 5.37. The van der Waals surface area contributed by atoms with E-state index in [9.17, 15) is 9.59 Å². The van der Waals surface area contributed by atoms with Crippen molar-refractivity contribution in [3.8, 4) is 0 Å². The van der Waals surface area contributed by atoms with Crippen LogP contribution in [-0.2, 0) is 4.74 Å². The average Bonchev–Trinajstić information content (AvgIpc) is 2.64. The highest BCUT2D eigenvalue weighted by atomic mass is 16.5. The number of esters is 1. The number of fused-ring (bicyclic) bond motifs is 1. The highest BCUT2D eigenvalue weighted by molar-refractivity contribution is 6.00. The highest BCUT2D eigenvalue weighted by Crippen LogP contribution is 2.14. The van der Waals surface area contributed by atoms with E-state index < -0.39 is 11.9 Å². The molecular weight excluding hydrogens is 236 g/mol. The molecule has 0 aromatic carbocycles. The Labute approximate surface area is 103 Å². The largest absolute Gasteiger partial charge is 0.461 e. The van der Waals surface area contributed by atoms with Gasteiger partial charge >= 0.3 is 5.97 Å². The molecule has 2 aromatic heterocycles. The SMILES string of the molecule is CCOC(=O)c1ccnc2c(C(N)=O)c(C)nn12. The molecule has 2 N–H and O–H groups in total. The number of hydrogen-bond acceptors (Lipinski definition) is 5. The van der Waals surface area contributed by atoms with Gasteiger partial charge in [-0.05, 0) is 19.9 Å². The number of nitrogens with two attached hydrogens (primary N) is 1. The summed E-state index contributed by atoms with van der Waals surface area (Å²) in [5, 5.41) is 4.09. The monoisotopic (exact) mass is 248 g/mol. The number of aromatic nitrogens is 3. The first-order chi connectivity index (χ1) is 8.56. The van der Waals surface area contributed by atoms with Gasteiger partial charge in [0.1, 0.15) is 5.56 Å². The van der Waals surface area contributed by atoms with E-state index in [-0.39, 0.29) is 23.5 Å². The summed E-state index contributed by atoms with van der Waals surface area (Å²) in [7, 11) is 0. The lowest BCUT2D eigenvalue weighted by atomic mass is 10.2. The molecule has 2 rings (SSSR count). The molecule has 0 aliphatic rings. The number of carbonyl (C=O) groups excluding carboxylic acids is 2. The smallest absolute Gasteiger partial charge is 0.357 e. The van der Waals surface area contributed by atoms with E-state index in [2.05, 4.69) is 10.1 Å². The van der Waals surface area contributed by atoms with E-state index in [1.807, 2.05) is 0 Å². The quantitative estimate of drug-likeness (QED) is 0.788. The van der Waals surface area contributed by atoms with Crippen LogP contribution in [0.25, 0.3) is 5.65 Å². The zero-order valence-corrected chi connectivity index (χ0v) is 10.0. The number of carbonyl (C=O) groups is 2. The van der Waals surface area contributed by atoms with Gasteiger partial charge in [0, 0.05) is 6.20 Å². The number of amides is 1. The third kappa shape index (κ3) is 1.79. The van der Waals surface area contributed by atoms with Crippen molar-refractivity contribution in [2.75, 3.05) is 6.61 Å². The minimum absolute atomic E-state index is 0.206. The van der Waals surface area contributed by atoms with Gasteiger partial charge in [0.15, 0.2) is 11.3 Å². The Morgan fingerprint density at radius 1 is 1.50 bits per heavy atom. The van der Waals surface area contributed by atoms with E-state index >= 15 is 0 Å². The summed E-state index contributed by atoms with van der Waals surface area (Å²) in [6.07, 6.45) is 1.41. The molecule has 0 spiro atoms. The molecule has 0 bridgehead atoms. The summed E-state index contributed by atoms with van der Waals surface area (Å²) in [6.45, 7) is 3.59. The van der Waals surface area contributed by atoms with E-state index in [4.69, 9.17) is 10.5 Å². The fraction of sp³-hybridized carbons (Fsp3) is 0.273. The molecule has 7 nitrogen and oxygen atoms in total. The van der Waals surface area contributed by atoms with Crippen molar-refractivity contribution in [1.82, 2.24) is 14.6 Å². The second-order valence-electron chi connectivity index (χ2n) is 3.61. The van der Waals surface area contributed by atoms with Gasteiger partial charge in [-0.3, -0.25) is 4.79 Å². The van der Waals surface area contributed by atoms with E-state index in [0.717, 1.165) is 0 Å². The fourth-order valence-electron chi connectivity index (χ4n) is 1.70. The normalized spacial score (nSPS) is 10.6. The number of nitrogens with zero attached hydrogens (tertiary/aromatic N) is 3. The maximum atomic E-state index is 11.7. The lowest BCUT2D eigenvalue weighted by molar-refractivity contribution is 0.0515. The zero-order valence-electron chi connectivity index (χ0n) is 10.0. The summed E-state index contributed by atoms with van der Waals surface area (Å²) >= 11 is 0. The lowest BCUT2D eigenvalue weighted by Crippen LogP contribution is -2.14. The molecule has 0 atom stereocenters. The van der Waals surface area contributed by atoms with Crippen LogP contribution >= 0.6 is 0 Å². The summed E-state index contributed by atoms with van der Waals surface area (Å²) < 4.78 is 6.17. The molecule has 0 aliphatic carbocycles. The molecule has 94 valence electrons. The van der Waals surface area contributed by atoms with Crippen molar-refractivity contribution in [3.63, 3.8) is 0 Å². The topological polar surface area (TPSA) is 99.6 Å². The van der Waals surface area contributed by atoms with E-state index in [1.54, 1.807) is 13.8 Å². The number of aryl methyl sites for hydroxylation is 1. The molecule has 1 amide bonds. The van der Waals surface area contributed by atoms with Crippen LogP contribution in [0.3, 0.4) is 0 Å². The van der Waals surface area contributed by atoms with Crippen molar-refractivity contribution in [2.45, 2.75) is 13.8 Å². The predicted molar refractivity (Wildman–Crippen MR) is 62.2 cm³/mol. The van der Waals surface area contributed by atoms with Gasteiger partial charge in [0.25, 0.3) is 5.91 Å². The molecule has 0 fully saturated rings. The fourth-order valence-corrected chi connectivity index (χ4v) is 1.70.